The zero-order valence-corrected chi connectivity index (χ0v) is 17.1. The second-order valence-corrected chi connectivity index (χ2v) is 11.4. The smallest absolute Gasteiger partial charge is 0.328 e. The van der Waals surface area contributed by atoms with Crippen LogP contribution in [-0.2, 0) is 29.0 Å². The number of esters is 1. The average Bonchev–Trinajstić information content (AvgIpc) is 3.08. The summed E-state index contributed by atoms with van der Waals surface area (Å²) in [5.41, 5.74) is 0. The predicted octanol–water partition coefficient (Wildman–Crippen LogP) is 0.710. The molecule has 3 heterocycles. The highest BCUT2D eigenvalue weighted by Gasteiger charge is 2.80. The molecular formula is C14H15BrN2O7S2. The fraction of sp³-hybridized carbons (Fsp3) is 0.571. The van der Waals surface area contributed by atoms with Crippen molar-refractivity contribution < 1.29 is 32.6 Å². The van der Waals surface area contributed by atoms with E-state index in [1.54, 1.807) is 5.38 Å². The lowest BCUT2D eigenvalue weighted by molar-refractivity contribution is -0.170. The number of aliphatic carboxylic acids is 1. The van der Waals surface area contributed by atoms with Crippen LogP contribution in [-0.4, -0.2) is 61.7 Å². The number of β-lactam (4-membered cyclic amide) rings is 1. The number of carboxylic acid groups (broad SMARTS) is 1. The summed E-state index contributed by atoms with van der Waals surface area (Å²) >= 11 is 4.28. The molecule has 1 aromatic heterocycles. The van der Waals surface area contributed by atoms with E-state index in [0.29, 0.717) is 0 Å². The molecule has 1 N–H and O–H groups in total. The number of rotatable bonds is 4. The Kier molecular flexibility index (Phi) is 4.24. The molecule has 26 heavy (non-hydrogen) atoms. The Morgan fingerprint density at radius 2 is 2.08 bits per heavy atom. The maximum Gasteiger partial charge on any atom is 0.328 e. The molecule has 2 saturated heterocycles. The van der Waals surface area contributed by atoms with Crippen LogP contribution < -0.4 is 0 Å². The molecule has 3 rings (SSSR count). The molecule has 0 spiro atoms. The van der Waals surface area contributed by atoms with Gasteiger partial charge in [-0.05, 0) is 13.8 Å². The van der Waals surface area contributed by atoms with Gasteiger partial charge in [-0.2, -0.15) is 0 Å². The number of carboxylic acids is 1. The minimum absolute atomic E-state index is 0.233. The second kappa shape index (κ2) is 5.73. The summed E-state index contributed by atoms with van der Waals surface area (Å²) in [5, 5.41) is 9.82. The van der Waals surface area contributed by atoms with Crippen LogP contribution in [0.5, 0.6) is 0 Å². The Balaban J connectivity index is 2.16. The molecule has 0 radical (unpaired) electrons. The number of thiazole rings is 1. The van der Waals surface area contributed by atoms with E-state index in [1.165, 1.54) is 20.0 Å². The predicted molar refractivity (Wildman–Crippen MR) is 93.3 cm³/mol. The van der Waals surface area contributed by atoms with Gasteiger partial charge in [-0.3, -0.25) is 9.59 Å². The number of carbonyl (C=O) groups is 3. The van der Waals surface area contributed by atoms with Gasteiger partial charge in [-0.25, -0.2) is 18.2 Å². The zero-order chi connectivity index (χ0) is 19.7. The van der Waals surface area contributed by atoms with Crippen LogP contribution in [0.15, 0.2) is 11.6 Å². The Hall–Kier alpha value is -1.53. The largest absolute Gasteiger partial charge is 0.480 e. The van der Waals surface area contributed by atoms with Crippen molar-refractivity contribution in [3.8, 4) is 0 Å². The average molecular weight is 467 g/mol. The normalized spacial score (nSPS) is 32.5. The van der Waals surface area contributed by atoms with E-state index in [4.69, 9.17) is 4.74 Å². The van der Waals surface area contributed by atoms with Gasteiger partial charge in [-0.1, -0.05) is 15.9 Å². The first-order valence-electron chi connectivity index (χ1n) is 7.43. The molecule has 142 valence electrons. The number of sulfone groups is 1. The molecule has 0 aliphatic carbocycles. The molecule has 1 amide bonds. The third kappa shape index (κ3) is 2.21. The van der Waals surface area contributed by atoms with Crippen molar-refractivity contribution in [2.75, 3.05) is 0 Å². The number of alkyl halides is 1. The Labute approximate surface area is 161 Å². The van der Waals surface area contributed by atoms with Gasteiger partial charge in [-0.15, -0.1) is 11.3 Å². The van der Waals surface area contributed by atoms with Gasteiger partial charge in [0.05, 0.1) is 0 Å². The fourth-order valence-electron chi connectivity index (χ4n) is 3.46. The van der Waals surface area contributed by atoms with Gasteiger partial charge < -0.3 is 14.7 Å². The van der Waals surface area contributed by atoms with Crippen molar-refractivity contribution in [2.24, 2.45) is 0 Å². The quantitative estimate of drug-likeness (QED) is 0.389. The van der Waals surface area contributed by atoms with Crippen molar-refractivity contribution >= 4 is 54.9 Å². The van der Waals surface area contributed by atoms with Gasteiger partial charge in [0.15, 0.2) is 25.6 Å². The zero-order valence-electron chi connectivity index (χ0n) is 13.9. The minimum Gasteiger partial charge on any atom is -0.480 e. The molecule has 1 aromatic rings. The maximum absolute atomic E-state index is 13.1. The number of aromatic nitrogens is 1. The monoisotopic (exact) mass is 466 g/mol. The van der Waals surface area contributed by atoms with Crippen molar-refractivity contribution in [1.82, 2.24) is 9.88 Å². The summed E-state index contributed by atoms with van der Waals surface area (Å²) in [5.74, 6) is -2.91. The standard InChI is InChI=1S/C14H15BrN2O7S2/c1-6(18)24-8(9-16-4-5-25-9)14(15)11(21)17-7(10(19)20)13(2,3)26(22,23)12(14)17/h4-5,7-8,12H,1-3H3,(H,19,20)/t7-,8?,12+,14-/m0/s1. The van der Waals surface area contributed by atoms with Crippen LogP contribution in [0.2, 0.25) is 0 Å². The van der Waals surface area contributed by atoms with Crippen LogP contribution >= 0.6 is 27.3 Å². The number of halogens is 1. The van der Waals surface area contributed by atoms with E-state index < -0.39 is 54.3 Å². The second-order valence-electron chi connectivity index (χ2n) is 6.58. The van der Waals surface area contributed by atoms with Crippen molar-refractivity contribution in [3.63, 3.8) is 0 Å². The third-order valence-corrected chi connectivity index (χ3v) is 9.90. The fourth-order valence-corrected chi connectivity index (χ4v) is 8.12. The van der Waals surface area contributed by atoms with Gasteiger partial charge >= 0.3 is 11.9 Å². The summed E-state index contributed by atoms with van der Waals surface area (Å²) < 4.78 is 27.8. The van der Waals surface area contributed by atoms with Crippen LogP contribution in [0.1, 0.15) is 31.9 Å². The molecule has 2 aliphatic rings. The molecular weight excluding hydrogens is 452 g/mol. The highest BCUT2D eigenvalue weighted by molar-refractivity contribution is 9.10. The third-order valence-electron chi connectivity index (χ3n) is 4.71. The Bertz CT molecular complexity index is 898. The first-order valence-corrected chi connectivity index (χ1v) is 10.6. The van der Waals surface area contributed by atoms with Gasteiger partial charge in [0.1, 0.15) is 15.8 Å². The lowest BCUT2D eigenvalue weighted by Gasteiger charge is -2.51. The van der Waals surface area contributed by atoms with Gasteiger partial charge in [0.2, 0.25) is 5.91 Å². The van der Waals surface area contributed by atoms with Crippen molar-refractivity contribution in [3.05, 3.63) is 16.6 Å². The summed E-state index contributed by atoms with van der Waals surface area (Å²) in [7, 11) is -4.11. The van der Waals surface area contributed by atoms with Crippen LogP contribution in [0.3, 0.4) is 0 Å². The van der Waals surface area contributed by atoms with E-state index >= 15 is 0 Å². The van der Waals surface area contributed by atoms with E-state index in [-0.39, 0.29) is 5.01 Å². The van der Waals surface area contributed by atoms with Crippen molar-refractivity contribution in [1.29, 1.82) is 0 Å². The number of nitrogens with zero attached hydrogens (tertiary/aromatic N) is 2. The topological polar surface area (TPSA) is 131 Å². The Morgan fingerprint density at radius 1 is 1.46 bits per heavy atom. The summed E-state index contributed by atoms with van der Waals surface area (Å²) in [4.78, 5) is 41.0. The van der Waals surface area contributed by atoms with Gasteiger partial charge in [0, 0.05) is 18.5 Å². The molecule has 1 unspecified atom stereocenters. The SMILES string of the molecule is CC(=O)OC(c1nccs1)[C@]1(Br)C(=O)N2[C@@H](C(=O)O)C(C)(C)S(=O)(=O)[C@@H]21. The highest BCUT2D eigenvalue weighted by atomic mass is 79.9. The number of hydrogen-bond donors (Lipinski definition) is 1. The first kappa shape index (κ1) is 19.2. The lowest BCUT2D eigenvalue weighted by atomic mass is 9.87. The summed E-state index contributed by atoms with van der Waals surface area (Å²) in [6, 6.07) is -1.54. The van der Waals surface area contributed by atoms with Crippen molar-refractivity contribution in [2.45, 2.75) is 47.4 Å². The van der Waals surface area contributed by atoms with Gasteiger partial charge in [0.25, 0.3) is 0 Å². The lowest BCUT2D eigenvalue weighted by Crippen LogP contribution is -2.74. The molecule has 0 bridgehead atoms. The number of fused-ring (bicyclic) bond motifs is 1. The molecule has 12 heteroatoms. The van der Waals surface area contributed by atoms with Crippen LogP contribution in [0.4, 0.5) is 0 Å². The molecule has 2 aliphatic heterocycles. The summed E-state index contributed by atoms with van der Waals surface area (Å²) in [6.07, 6.45) is 0.132. The molecule has 4 atom stereocenters. The van der Waals surface area contributed by atoms with E-state index in [1.807, 2.05) is 0 Å². The first-order chi connectivity index (χ1) is 11.9. The molecule has 0 saturated carbocycles. The van der Waals surface area contributed by atoms with E-state index in [2.05, 4.69) is 20.9 Å². The summed E-state index contributed by atoms with van der Waals surface area (Å²) in [6.45, 7) is 3.67. The van der Waals surface area contributed by atoms with Crippen LogP contribution in [0.25, 0.3) is 0 Å². The number of ether oxygens (including phenoxy) is 1. The number of carbonyl (C=O) groups excluding carboxylic acids is 2. The minimum atomic E-state index is -4.11. The van der Waals surface area contributed by atoms with Crippen LogP contribution in [0, 0.1) is 0 Å². The number of hydrogen-bond acceptors (Lipinski definition) is 8. The van der Waals surface area contributed by atoms with E-state index in [9.17, 15) is 27.9 Å². The maximum atomic E-state index is 13.1. The molecule has 2 fully saturated rings. The number of amides is 1. The van der Waals surface area contributed by atoms with E-state index in [0.717, 1.165) is 23.2 Å². The molecule has 0 aromatic carbocycles. The molecule has 9 nitrogen and oxygen atoms in total. The highest BCUT2D eigenvalue weighted by Crippen LogP contribution is 2.59. The Morgan fingerprint density at radius 3 is 2.54 bits per heavy atom.